The molecule has 0 radical (unpaired) electrons. The third-order valence-corrected chi connectivity index (χ3v) is 2.96. The Hall–Kier alpha value is -1.10. The minimum Gasteiger partial charge on any atom is -0.419 e. The van der Waals surface area contributed by atoms with Crippen molar-refractivity contribution in [3.8, 4) is 11.5 Å². The molecule has 0 spiro atoms. The molecule has 1 N–H and O–H groups in total. The van der Waals surface area contributed by atoms with Gasteiger partial charge in [-0.05, 0) is 39.0 Å². The lowest BCUT2D eigenvalue weighted by Gasteiger charge is -2.18. The van der Waals surface area contributed by atoms with Gasteiger partial charge in [-0.15, -0.1) is 10.2 Å². The number of halogens is 2. The Morgan fingerprint density at radius 3 is 2.63 bits per heavy atom. The van der Waals surface area contributed by atoms with Gasteiger partial charge in [0.05, 0.1) is 17.1 Å². The number of nitrogens with zero attached hydrogens (tertiary/aromatic N) is 2. The van der Waals surface area contributed by atoms with E-state index in [9.17, 15) is 0 Å². The Balaban J connectivity index is 2.19. The molecular formula is C13H15Cl2N3O. The molecule has 0 saturated carbocycles. The van der Waals surface area contributed by atoms with Crippen molar-refractivity contribution in [1.29, 1.82) is 0 Å². The van der Waals surface area contributed by atoms with Crippen molar-refractivity contribution in [2.45, 2.75) is 32.9 Å². The fourth-order valence-corrected chi connectivity index (χ4v) is 1.81. The molecule has 102 valence electrons. The predicted molar refractivity (Wildman–Crippen MR) is 76.3 cm³/mol. The maximum Gasteiger partial charge on any atom is 0.249 e. The van der Waals surface area contributed by atoms with Gasteiger partial charge in [0.2, 0.25) is 11.8 Å². The summed E-state index contributed by atoms with van der Waals surface area (Å²) in [6, 6.07) is 5.13. The van der Waals surface area contributed by atoms with Crippen molar-refractivity contribution in [3.63, 3.8) is 0 Å². The SMILES string of the molecule is CC(C)(C)NCc1nnc(-c2cc(Cl)ccc2Cl)o1. The number of benzene rings is 1. The van der Waals surface area contributed by atoms with Crippen molar-refractivity contribution in [1.82, 2.24) is 15.5 Å². The van der Waals surface area contributed by atoms with E-state index < -0.39 is 0 Å². The van der Waals surface area contributed by atoms with Crippen LogP contribution in [0.3, 0.4) is 0 Å². The van der Waals surface area contributed by atoms with E-state index in [2.05, 4.69) is 36.3 Å². The predicted octanol–water partition coefficient (Wildman–Crippen LogP) is 3.93. The van der Waals surface area contributed by atoms with E-state index in [1.807, 2.05) is 0 Å². The van der Waals surface area contributed by atoms with Crippen LogP contribution in [0.25, 0.3) is 11.5 Å². The van der Waals surface area contributed by atoms with Gasteiger partial charge in [0.25, 0.3) is 0 Å². The number of hydrogen-bond acceptors (Lipinski definition) is 4. The fraction of sp³-hybridized carbons (Fsp3) is 0.385. The molecule has 2 rings (SSSR count). The highest BCUT2D eigenvalue weighted by atomic mass is 35.5. The maximum absolute atomic E-state index is 6.09. The third kappa shape index (κ3) is 3.93. The summed E-state index contributed by atoms with van der Waals surface area (Å²) in [6.45, 7) is 6.71. The third-order valence-electron chi connectivity index (χ3n) is 2.40. The zero-order valence-electron chi connectivity index (χ0n) is 11.0. The molecule has 0 unspecified atom stereocenters. The van der Waals surface area contributed by atoms with E-state index in [0.717, 1.165) is 0 Å². The molecule has 0 aliphatic heterocycles. The highest BCUT2D eigenvalue weighted by Crippen LogP contribution is 2.29. The normalized spacial score (nSPS) is 11.8. The second-order valence-electron chi connectivity index (χ2n) is 5.23. The van der Waals surface area contributed by atoms with Crippen LogP contribution in [0, 0.1) is 0 Å². The Morgan fingerprint density at radius 1 is 1.21 bits per heavy atom. The summed E-state index contributed by atoms with van der Waals surface area (Å²) in [5.74, 6) is 0.888. The lowest BCUT2D eigenvalue weighted by atomic mass is 10.1. The molecule has 1 aromatic carbocycles. The van der Waals surface area contributed by atoms with Gasteiger partial charge >= 0.3 is 0 Å². The zero-order chi connectivity index (χ0) is 14.0. The molecule has 0 saturated heterocycles. The minimum atomic E-state index is -0.0116. The first-order chi connectivity index (χ1) is 8.85. The molecule has 1 heterocycles. The Morgan fingerprint density at radius 2 is 1.95 bits per heavy atom. The first-order valence-electron chi connectivity index (χ1n) is 5.88. The molecule has 0 fully saturated rings. The second kappa shape index (κ2) is 5.49. The molecule has 1 aromatic heterocycles. The zero-order valence-corrected chi connectivity index (χ0v) is 12.5. The summed E-state index contributed by atoms with van der Waals surface area (Å²) < 4.78 is 5.57. The first kappa shape index (κ1) is 14.3. The van der Waals surface area contributed by atoms with Crippen LogP contribution in [0.5, 0.6) is 0 Å². The summed E-state index contributed by atoms with van der Waals surface area (Å²) >= 11 is 12.0. The lowest BCUT2D eigenvalue weighted by molar-refractivity contribution is 0.383. The van der Waals surface area contributed by atoms with Crippen molar-refractivity contribution < 1.29 is 4.42 Å². The summed E-state index contributed by atoms with van der Waals surface area (Å²) in [6.07, 6.45) is 0. The Bertz CT molecular complexity index is 576. The maximum atomic E-state index is 6.09. The van der Waals surface area contributed by atoms with Gasteiger partial charge in [0.15, 0.2) is 0 Å². The highest BCUT2D eigenvalue weighted by molar-refractivity contribution is 6.35. The second-order valence-corrected chi connectivity index (χ2v) is 6.07. The first-order valence-corrected chi connectivity index (χ1v) is 6.63. The van der Waals surface area contributed by atoms with Gasteiger partial charge in [-0.2, -0.15) is 0 Å². The molecule has 6 heteroatoms. The van der Waals surface area contributed by atoms with E-state index >= 15 is 0 Å². The van der Waals surface area contributed by atoms with Gasteiger partial charge in [-0.25, -0.2) is 0 Å². The number of aromatic nitrogens is 2. The minimum absolute atomic E-state index is 0.0116. The number of rotatable bonds is 3. The quantitative estimate of drug-likeness (QED) is 0.933. The average molecular weight is 300 g/mol. The summed E-state index contributed by atoms with van der Waals surface area (Å²) in [4.78, 5) is 0. The van der Waals surface area contributed by atoms with Crippen LogP contribution in [0.15, 0.2) is 22.6 Å². The van der Waals surface area contributed by atoms with Crippen LogP contribution < -0.4 is 5.32 Å². The smallest absolute Gasteiger partial charge is 0.249 e. The Labute approximate surface area is 122 Å². The standard InChI is InChI=1S/C13H15Cl2N3O/c1-13(2,3)16-7-11-17-18-12(19-11)9-6-8(14)4-5-10(9)15/h4-6,16H,7H2,1-3H3. The largest absolute Gasteiger partial charge is 0.419 e. The lowest BCUT2D eigenvalue weighted by Crippen LogP contribution is -2.35. The topological polar surface area (TPSA) is 51.0 Å². The van der Waals surface area contributed by atoms with Crippen LogP contribution in [-0.4, -0.2) is 15.7 Å². The van der Waals surface area contributed by atoms with Crippen molar-refractivity contribution >= 4 is 23.2 Å². The van der Waals surface area contributed by atoms with Crippen LogP contribution in [0.1, 0.15) is 26.7 Å². The van der Waals surface area contributed by atoms with Gasteiger partial charge < -0.3 is 9.73 Å². The van der Waals surface area contributed by atoms with E-state index in [1.165, 1.54) is 0 Å². The van der Waals surface area contributed by atoms with Gasteiger partial charge in [-0.3, -0.25) is 0 Å². The van der Waals surface area contributed by atoms with Crippen LogP contribution in [0.2, 0.25) is 10.0 Å². The molecule has 4 nitrogen and oxygen atoms in total. The number of nitrogens with one attached hydrogen (secondary N) is 1. The van der Waals surface area contributed by atoms with Crippen LogP contribution in [0.4, 0.5) is 0 Å². The molecule has 0 aliphatic rings. The highest BCUT2D eigenvalue weighted by Gasteiger charge is 2.15. The Kier molecular flexibility index (Phi) is 4.13. The molecule has 19 heavy (non-hydrogen) atoms. The number of hydrogen-bond donors (Lipinski definition) is 1. The van der Waals surface area contributed by atoms with Gasteiger partial charge in [0, 0.05) is 10.6 Å². The van der Waals surface area contributed by atoms with E-state index in [4.69, 9.17) is 27.6 Å². The molecule has 0 amide bonds. The molecule has 2 aromatic rings. The average Bonchev–Trinajstić information content (AvgIpc) is 2.77. The molecule has 0 bridgehead atoms. The summed E-state index contributed by atoms with van der Waals surface area (Å²) in [5, 5.41) is 12.4. The molecular weight excluding hydrogens is 285 g/mol. The van der Waals surface area contributed by atoms with Crippen molar-refractivity contribution in [3.05, 3.63) is 34.1 Å². The molecule has 0 aliphatic carbocycles. The summed E-state index contributed by atoms with van der Waals surface area (Å²) in [7, 11) is 0. The van der Waals surface area contributed by atoms with E-state index in [-0.39, 0.29) is 5.54 Å². The van der Waals surface area contributed by atoms with Crippen LogP contribution >= 0.6 is 23.2 Å². The monoisotopic (exact) mass is 299 g/mol. The van der Waals surface area contributed by atoms with Crippen molar-refractivity contribution in [2.75, 3.05) is 0 Å². The molecule has 0 atom stereocenters. The van der Waals surface area contributed by atoms with Gasteiger partial charge in [-0.1, -0.05) is 23.2 Å². The van der Waals surface area contributed by atoms with E-state index in [1.54, 1.807) is 18.2 Å². The van der Waals surface area contributed by atoms with E-state index in [0.29, 0.717) is 33.9 Å². The summed E-state index contributed by atoms with van der Waals surface area (Å²) in [5.41, 5.74) is 0.631. The van der Waals surface area contributed by atoms with Crippen LogP contribution in [-0.2, 0) is 6.54 Å². The van der Waals surface area contributed by atoms with Crippen molar-refractivity contribution in [2.24, 2.45) is 0 Å². The van der Waals surface area contributed by atoms with Gasteiger partial charge in [0.1, 0.15) is 0 Å². The fourth-order valence-electron chi connectivity index (χ4n) is 1.44.